The van der Waals surface area contributed by atoms with Gasteiger partial charge in [0.25, 0.3) is 0 Å². The zero-order valence-electron chi connectivity index (χ0n) is 8.51. The number of aliphatic carboxylic acids is 1. The molecule has 0 saturated carbocycles. The molecule has 0 heterocycles. The molecule has 0 fully saturated rings. The number of benzene rings is 1. The number of nitrogens with one attached hydrogen (secondary N) is 1. The first-order valence-electron chi connectivity index (χ1n) is 4.65. The molecule has 17 heavy (non-hydrogen) atoms. The van der Waals surface area contributed by atoms with Gasteiger partial charge < -0.3 is 5.11 Å². The van der Waals surface area contributed by atoms with Gasteiger partial charge in [-0.1, -0.05) is 0 Å². The van der Waals surface area contributed by atoms with Gasteiger partial charge in [0.05, 0.1) is 6.42 Å². The molecule has 1 aromatic carbocycles. The number of carboxylic acid groups (broad SMARTS) is 1. The van der Waals surface area contributed by atoms with Crippen LogP contribution in [0.1, 0.15) is 12.0 Å². The van der Waals surface area contributed by atoms with Crippen LogP contribution in [0, 0.1) is 17.5 Å². The Balaban J connectivity index is 2.86. The van der Waals surface area contributed by atoms with E-state index in [4.69, 9.17) is 16.9 Å². The third kappa shape index (κ3) is 3.90. The predicted molar refractivity (Wildman–Crippen MR) is 55.0 cm³/mol. The zero-order valence-corrected chi connectivity index (χ0v) is 9.27. The molecule has 0 radical (unpaired) electrons. The highest BCUT2D eigenvalue weighted by molar-refractivity contribution is 6.13. The number of carboxylic acids is 1. The highest BCUT2D eigenvalue weighted by Crippen LogP contribution is 2.16. The summed E-state index contributed by atoms with van der Waals surface area (Å²) in [5.74, 6) is -4.55. The number of hydrogen-bond donors (Lipinski definition) is 2. The van der Waals surface area contributed by atoms with Crippen LogP contribution in [0.2, 0.25) is 0 Å². The summed E-state index contributed by atoms with van der Waals surface area (Å²) in [4.78, 5) is 12.6. The van der Waals surface area contributed by atoms with Crippen LogP contribution in [0.5, 0.6) is 0 Å². The van der Waals surface area contributed by atoms with Crippen LogP contribution in [-0.2, 0) is 11.2 Å². The van der Waals surface area contributed by atoms with Crippen LogP contribution in [0.25, 0.3) is 0 Å². The maximum absolute atomic E-state index is 13.2. The van der Waals surface area contributed by atoms with Crippen molar-refractivity contribution in [3.8, 4) is 0 Å². The fourth-order valence-electron chi connectivity index (χ4n) is 1.35. The summed E-state index contributed by atoms with van der Waals surface area (Å²) in [6, 6.07) is 0.332. The van der Waals surface area contributed by atoms with E-state index < -0.39 is 29.5 Å². The molecule has 1 atom stereocenters. The first kappa shape index (κ1) is 13.8. The number of rotatable bonds is 5. The monoisotopic (exact) mass is 267 g/mol. The molecule has 0 amide bonds. The first-order valence-corrected chi connectivity index (χ1v) is 5.03. The van der Waals surface area contributed by atoms with E-state index in [-0.39, 0.29) is 18.4 Å². The molecular weight excluding hydrogens is 259 g/mol. The van der Waals surface area contributed by atoms with E-state index in [9.17, 15) is 18.0 Å². The van der Waals surface area contributed by atoms with Gasteiger partial charge in [-0.05, 0) is 29.8 Å². The van der Waals surface area contributed by atoms with Crippen molar-refractivity contribution in [1.82, 2.24) is 4.84 Å². The van der Waals surface area contributed by atoms with Gasteiger partial charge in [-0.25, -0.2) is 18.0 Å². The van der Waals surface area contributed by atoms with Gasteiger partial charge in [0.15, 0.2) is 11.6 Å². The van der Waals surface area contributed by atoms with Gasteiger partial charge in [-0.2, -0.15) is 0 Å². The molecule has 0 unspecified atom stereocenters. The molecule has 0 aliphatic rings. The summed E-state index contributed by atoms with van der Waals surface area (Å²) >= 11 is 5.28. The molecule has 3 nitrogen and oxygen atoms in total. The van der Waals surface area contributed by atoms with Gasteiger partial charge in [-0.15, -0.1) is 0 Å². The van der Waals surface area contributed by atoms with Gasteiger partial charge in [0.2, 0.25) is 0 Å². The Hall–Kier alpha value is -1.27. The summed E-state index contributed by atoms with van der Waals surface area (Å²) in [7, 11) is 0. The molecule has 0 spiro atoms. The topological polar surface area (TPSA) is 49.3 Å². The Morgan fingerprint density at radius 3 is 2.41 bits per heavy atom. The zero-order chi connectivity index (χ0) is 13.0. The largest absolute Gasteiger partial charge is 0.481 e. The molecule has 2 N–H and O–H groups in total. The molecule has 0 aromatic heterocycles. The van der Waals surface area contributed by atoms with E-state index in [1.54, 1.807) is 0 Å². The highest BCUT2D eigenvalue weighted by atomic mass is 35.5. The van der Waals surface area contributed by atoms with Gasteiger partial charge in [-0.3, -0.25) is 4.79 Å². The lowest BCUT2D eigenvalue weighted by atomic mass is 10.0. The van der Waals surface area contributed by atoms with Crippen molar-refractivity contribution >= 4 is 17.7 Å². The van der Waals surface area contributed by atoms with Crippen LogP contribution in [0.15, 0.2) is 12.1 Å². The maximum Gasteiger partial charge on any atom is 0.304 e. The van der Waals surface area contributed by atoms with Crippen molar-refractivity contribution in [2.75, 3.05) is 0 Å². The maximum atomic E-state index is 13.2. The Kier molecular flexibility index (Phi) is 4.77. The van der Waals surface area contributed by atoms with E-state index in [0.717, 1.165) is 0 Å². The smallest absolute Gasteiger partial charge is 0.304 e. The average molecular weight is 268 g/mol. The van der Waals surface area contributed by atoms with Crippen molar-refractivity contribution in [3.63, 3.8) is 0 Å². The van der Waals surface area contributed by atoms with Crippen molar-refractivity contribution < 1.29 is 23.1 Å². The van der Waals surface area contributed by atoms with Crippen molar-refractivity contribution in [1.29, 1.82) is 0 Å². The van der Waals surface area contributed by atoms with Crippen LogP contribution >= 0.6 is 11.8 Å². The minimum absolute atomic E-state index is 0.136. The number of halogens is 4. The second kappa shape index (κ2) is 5.88. The van der Waals surface area contributed by atoms with Crippen LogP contribution in [0.4, 0.5) is 13.2 Å². The molecule has 94 valence electrons. The Bertz CT molecular complexity index is 428. The standard InChI is InChI=1S/C10H9ClF3NO2/c11-15-6(3-10(16)17)1-5-2-8(13)9(14)4-7(5)12/h2,4,6,15H,1,3H2,(H,16,17)/t6-/m1/s1. The Morgan fingerprint density at radius 2 is 1.88 bits per heavy atom. The average Bonchev–Trinajstić information content (AvgIpc) is 2.24. The lowest BCUT2D eigenvalue weighted by Gasteiger charge is -2.12. The second-order valence-corrected chi connectivity index (χ2v) is 3.68. The molecular formula is C10H9ClF3NO2. The molecule has 0 saturated heterocycles. The van der Waals surface area contributed by atoms with Crippen LogP contribution in [-0.4, -0.2) is 17.1 Å². The van der Waals surface area contributed by atoms with Crippen LogP contribution < -0.4 is 4.84 Å². The summed E-state index contributed by atoms with van der Waals surface area (Å²) in [5.41, 5.74) is -0.136. The van der Waals surface area contributed by atoms with Gasteiger partial charge in [0, 0.05) is 12.1 Å². The summed E-state index contributed by atoms with van der Waals surface area (Å²) < 4.78 is 38.7. The fourth-order valence-corrected chi connectivity index (χ4v) is 1.50. The summed E-state index contributed by atoms with van der Waals surface area (Å²) in [5, 5.41) is 8.53. The Labute approximate surface area is 100 Å². The number of carbonyl (C=O) groups is 1. The van der Waals surface area contributed by atoms with Crippen molar-refractivity contribution in [3.05, 3.63) is 35.1 Å². The van der Waals surface area contributed by atoms with E-state index in [2.05, 4.69) is 4.84 Å². The molecule has 7 heteroatoms. The molecule has 0 aliphatic carbocycles. The number of hydrogen-bond acceptors (Lipinski definition) is 2. The minimum atomic E-state index is -1.29. The highest BCUT2D eigenvalue weighted by Gasteiger charge is 2.17. The van der Waals surface area contributed by atoms with Gasteiger partial charge >= 0.3 is 5.97 Å². The molecule has 1 rings (SSSR count). The van der Waals surface area contributed by atoms with Crippen LogP contribution in [0.3, 0.4) is 0 Å². The van der Waals surface area contributed by atoms with Crippen molar-refractivity contribution in [2.45, 2.75) is 18.9 Å². The van der Waals surface area contributed by atoms with E-state index in [1.165, 1.54) is 0 Å². The molecule has 1 aromatic rings. The van der Waals surface area contributed by atoms with Crippen molar-refractivity contribution in [2.24, 2.45) is 0 Å². The fraction of sp³-hybridized carbons (Fsp3) is 0.300. The summed E-state index contributed by atoms with van der Waals surface area (Å²) in [6.45, 7) is 0. The second-order valence-electron chi connectivity index (χ2n) is 3.47. The SMILES string of the molecule is O=C(O)C[C@@H](Cc1cc(F)c(F)cc1F)NCl. The molecule has 0 aliphatic heterocycles. The quantitative estimate of drug-likeness (QED) is 0.635. The van der Waals surface area contributed by atoms with E-state index in [0.29, 0.717) is 12.1 Å². The Morgan fingerprint density at radius 1 is 1.29 bits per heavy atom. The first-order chi connectivity index (χ1) is 7.93. The normalized spacial score (nSPS) is 12.5. The lowest BCUT2D eigenvalue weighted by molar-refractivity contribution is -0.137. The summed E-state index contributed by atoms with van der Waals surface area (Å²) in [6.07, 6.45) is -0.513. The third-order valence-electron chi connectivity index (χ3n) is 2.13. The molecule has 0 bridgehead atoms. The van der Waals surface area contributed by atoms with E-state index in [1.807, 2.05) is 0 Å². The van der Waals surface area contributed by atoms with E-state index >= 15 is 0 Å². The predicted octanol–water partition coefficient (Wildman–Crippen LogP) is 2.23. The third-order valence-corrected chi connectivity index (χ3v) is 2.44. The van der Waals surface area contributed by atoms with Gasteiger partial charge in [0.1, 0.15) is 5.82 Å². The minimum Gasteiger partial charge on any atom is -0.481 e. The lowest BCUT2D eigenvalue weighted by Crippen LogP contribution is -2.27.